The molecule has 0 amide bonds. The van der Waals surface area contributed by atoms with Crippen molar-refractivity contribution >= 4 is 41.6 Å². The molecule has 7 aromatic rings. The molecule has 7 aromatic carbocycles. The van der Waals surface area contributed by atoms with E-state index in [2.05, 4.69) is 0 Å². The van der Waals surface area contributed by atoms with Crippen molar-refractivity contribution in [2.45, 2.75) is 79.0 Å². The summed E-state index contributed by atoms with van der Waals surface area (Å²) in [7, 11) is 0. The van der Waals surface area contributed by atoms with Crippen LogP contribution < -0.4 is 0 Å². The van der Waals surface area contributed by atoms with Crippen molar-refractivity contribution in [2.24, 2.45) is 0 Å². The zero-order valence-electron chi connectivity index (χ0n) is 41.6. The lowest BCUT2D eigenvalue weighted by atomic mass is 9.96. The van der Waals surface area contributed by atoms with Crippen LogP contribution in [0.5, 0.6) is 0 Å². The molecule has 0 unspecified atom stereocenters. The zero-order valence-corrected chi connectivity index (χ0v) is 42.4. The van der Waals surface area contributed by atoms with Gasteiger partial charge in [-0.1, -0.05) is 151 Å². The molecule has 0 saturated carbocycles. The number of benzene rings is 7. The van der Waals surface area contributed by atoms with E-state index in [4.69, 9.17) is 42.6 Å². The molecule has 2 aliphatic rings. The van der Waals surface area contributed by atoms with Crippen molar-refractivity contribution in [1.29, 1.82) is 0 Å². The molecule has 2 heterocycles. The number of aliphatic hydroxyl groups excluding tert-OH is 1. The summed E-state index contributed by atoms with van der Waals surface area (Å²) in [4.78, 5) is 71.7. The number of carbonyl (C=O) groups is 5. The Kier molecular flexibility index (Phi) is 18.3. The Labute approximate surface area is 448 Å². The maximum absolute atomic E-state index is 14.6. The number of hydrogen-bond acceptors (Lipinski definition) is 16. The van der Waals surface area contributed by atoms with E-state index in [-0.39, 0.29) is 41.0 Å². The molecule has 16 heteroatoms. The number of aliphatic hydroxyl groups is 1. The van der Waals surface area contributed by atoms with Crippen LogP contribution >= 0.6 is 11.8 Å². The molecule has 2 aliphatic heterocycles. The minimum Gasteiger partial charge on any atom is -0.459 e. The Bertz CT molecular complexity index is 3030. The third-order valence-corrected chi connectivity index (χ3v) is 13.7. The molecule has 15 nitrogen and oxygen atoms in total. The molecular weight excluding hydrogens is 1000 g/mol. The number of rotatable bonds is 19. The van der Waals surface area contributed by atoms with Crippen LogP contribution in [0.15, 0.2) is 211 Å². The highest BCUT2D eigenvalue weighted by molar-refractivity contribution is 7.99. The first kappa shape index (κ1) is 53.9. The summed E-state index contributed by atoms with van der Waals surface area (Å²) in [5.74, 6) is -4.20. The second kappa shape index (κ2) is 26.2. The Morgan fingerprint density at radius 1 is 0.442 bits per heavy atom. The summed E-state index contributed by atoms with van der Waals surface area (Å²) in [5, 5.41) is 12.3. The third kappa shape index (κ3) is 14.1. The summed E-state index contributed by atoms with van der Waals surface area (Å²) in [6.45, 7) is 1.14. The van der Waals surface area contributed by atoms with Crippen LogP contribution in [0.1, 0.15) is 62.9 Å². The van der Waals surface area contributed by atoms with E-state index in [0.29, 0.717) is 4.90 Å². The molecule has 10 atom stereocenters. The van der Waals surface area contributed by atoms with Crippen LogP contribution in [0.25, 0.3) is 0 Å². The Morgan fingerprint density at radius 3 is 1.34 bits per heavy atom. The average molecular weight is 1060 g/mol. The molecule has 1 N–H and O–H groups in total. The summed E-state index contributed by atoms with van der Waals surface area (Å²) in [6.07, 6.45) is -14.6. The summed E-state index contributed by atoms with van der Waals surface area (Å²) in [5.41, 5.74) is 1.28. The van der Waals surface area contributed by atoms with Crippen LogP contribution in [-0.2, 0) is 49.2 Å². The van der Waals surface area contributed by atoms with Gasteiger partial charge in [0.25, 0.3) is 0 Å². The number of ether oxygens (including phenoxy) is 9. The Hall–Kier alpha value is -7.96. The van der Waals surface area contributed by atoms with Crippen LogP contribution in [0.4, 0.5) is 0 Å². The van der Waals surface area contributed by atoms with Crippen molar-refractivity contribution in [2.75, 3.05) is 13.2 Å². The van der Waals surface area contributed by atoms with E-state index in [0.717, 1.165) is 22.9 Å². The van der Waals surface area contributed by atoms with Gasteiger partial charge in [-0.3, -0.25) is 0 Å². The monoisotopic (exact) mass is 1060 g/mol. The van der Waals surface area contributed by atoms with Gasteiger partial charge >= 0.3 is 29.8 Å². The standard InChI is InChI=1S/C61H54O15S/c1-39-32-34-46(35-33-39)77-61-54(75-59(67)45-30-18-7-19-31-45)52(73-57(65)43-26-14-5-15-27-43)50(48(71-61)38-69-55(63)41-22-10-3-11-23-41)76-60-53(74-58(66)44-28-16-6-17-29-44)51(72-56(64)42-24-12-4-13-25-42)49(62)47(70-60)37-68-36-40-20-8-2-9-21-40/h2-35,47-54,60-62H,36-38H2,1H3/t47-,48-,49+,50-,51+,52+,53-,54-,60+,61+/m1/s1. The molecule has 394 valence electrons. The van der Waals surface area contributed by atoms with Gasteiger partial charge in [0.15, 0.2) is 30.7 Å². The van der Waals surface area contributed by atoms with Gasteiger partial charge in [0.1, 0.15) is 36.5 Å². The minimum atomic E-state index is -1.84. The van der Waals surface area contributed by atoms with Gasteiger partial charge in [-0.2, -0.15) is 0 Å². The van der Waals surface area contributed by atoms with Crippen molar-refractivity contribution in [3.63, 3.8) is 0 Å². The topological polar surface area (TPSA) is 189 Å². The lowest BCUT2D eigenvalue weighted by molar-refractivity contribution is -0.337. The van der Waals surface area contributed by atoms with Crippen LogP contribution in [0, 0.1) is 6.92 Å². The Morgan fingerprint density at radius 2 is 0.857 bits per heavy atom. The third-order valence-electron chi connectivity index (χ3n) is 12.6. The predicted octanol–water partition coefficient (Wildman–Crippen LogP) is 9.26. The van der Waals surface area contributed by atoms with Gasteiger partial charge in [-0.05, 0) is 85.3 Å². The van der Waals surface area contributed by atoms with Crippen LogP contribution in [0.2, 0.25) is 0 Å². The lowest BCUT2D eigenvalue weighted by Gasteiger charge is -2.48. The molecule has 0 bridgehead atoms. The maximum Gasteiger partial charge on any atom is 0.338 e. The van der Waals surface area contributed by atoms with E-state index in [1.807, 2.05) is 61.5 Å². The van der Waals surface area contributed by atoms with E-state index in [9.17, 15) is 29.1 Å². The van der Waals surface area contributed by atoms with E-state index < -0.39 is 97.0 Å². The van der Waals surface area contributed by atoms with Crippen molar-refractivity contribution in [3.8, 4) is 0 Å². The smallest absolute Gasteiger partial charge is 0.338 e. The zero-order chi connectivity index (χ0) is 53.5. The van der Waals surface area contributed by atoms with Gasteiger partial charge in [-0.25, -0.2) is 24.0 Å². The van der Waals surface area contributed by atoms with Gasteiger partial charge in [0.2, 0.25) is 0 Å². The van der Waals surface area contributed by atoms with Gasteiger partial charge < -0.3 is 47.7 Å². The summed E-state index contributed by atoms with van der Waals surface area (Å²) in [6, 6.07) is 57.2. The minimum absolute atomic E-state index is 0.0805. The normalized spacial score (nSPS) is 22.9. The number of esters is 5. The largest absolute Gasteiger partial charge is 0.459 e. The Balaban J connectivity index is 1.17. The highest BCUT2D eigenvalue weighted by atomic mass is 32.2. The first-order chi connectivity index (χ1) is 37.6. The first-order valence-corrected chi connectivity index (χ1v) is 25.7. The lowest BCUT2D eigenvalue weighted by Crippen LogP contribution is -2.66. The van der Waals surface area contributed by atoms with Crippen LogP contribution in [0.3, 0.4) is 0 Å². The molecule has 9 rings (SSSR count). The average Bonchev–Trinajstić information content (AvgIpc) is 3.54. The molecule has 0 aliphatic carbocycles. The van der Waals surface area contributed by atoms with Gasteiger partial charge in [-0.15, -0.1) is 0 Å². The van der Waals surface area contributed by atoms with Crippen molar-refractivity contribution < 1.29 is 71.7 Å². The number of hydrogen-bond donors (Lipinski definition) is 1. The predicted molar refractivity (Wildman–Crippen MR) is 281 cm³/mol. The quantitative estimate of drug-likeness (QED) is 0.0595. The van der Waals surface area contributed by atoms with E-state index >= 15 is 0 Å². The molecule has 0 radical (unpaired) electrons. The summed E-state index contributed by atoms with van der Waals surface area (Å²) < 4.78 is 57.9. The molecular formula is C61H54O15S. The van der Waals surface area contributed by atoms with E-state index in [1.54, 1.807) is 115 Å². The second-order valence-corrected chi connectivity index (χ2v) is 19.2. The van der Waals surface area contributed by atoms with Crippen molar-refractivity contribution in [1.82, 2.24) is 0 Å². The fraction of sp³-hybridized carbons (Fsp3) is 0.230. The summed E-state index contributed by atoms with van der Waals surface area (Å²) >= 11 is 1.15. The number of carbonyl (C=O) groups excluding carboxylic acids is 5. The number of thioether (sulfide) groups is 1. The first-order valence-electron chi connectivity index (χ1n) is 24.8. The highest BCUT2D eigenvalue weighted by Gasteiger charge is 2.57. The second-order valence-electron chi connectivity index (χ2n) is 18.0. The van der Waals surface area contributed by atoms with E-state index in [1.165, 1.54) is 36.4 Å². The van der Waals surface area contributed by atoms with Gasteiger partial charge in [0.05, 0.1) is 41.0 Å². The fourth-order valence-electron chi connectivity index (χ4n) is 8.58. The molecule has 2 saturated heterocycles. The maximum atomic E-state index is 14.6. The molecule has 77 heavy (non-hydrogen) atoms. The molecule has 0 spiro atoms. The van der Waals surface area contributed by atoms with Gasteiger partial charge in [0, 0.05) is 4.90 Å². The molecule has 2 fully saturated rings. The molecule has 0 aromatic heterocycles. The SMILES string of the molecule is Cc1ccc(S[C@@H]2O[C@H](COC(=O)c3ccccc3)[C@@H](O[C@@H]3O[C@H](COCc4ccccc4)[C@H](O)[C@H](OC(=O)c4ccccc4)[C@H]3OC(=O)c3ccccc3)[C@H](OC(=O)c3ccccc3)[C@H]2OC(=O)c2ccccc2)cc1. The highest BCUT2D eigenvalue weighted by Crippen LogP contribution is 2.40. The fourth-order valence-corrected chi connectivity index (χ4v) is 9.69. The van der Waals surface area contributed by atoms with Crippen molar-refractivity contribution in [3.05, 3.63) is 245 Å². The van der Waals surface area contributed by atoms with Crippen LogP contribution in [-0.4, -0.2) is 109 Å². The number of aryl methyl sites for hydroxylation is 1.